The zero-order chi connectivity index (χ0) is 43.0. The molecule has 0 spiro atoms. The average molecular weight is 867 g/mol. The summed E-state index contributed by atoms with van der Waals surface area (Å²) in [4.78, 5) is 21.7. The van der Waals surface area contributed by atoms with Crippen molar-refractivity contribution >= 4 is 23.9 Å². The molecule has 0 amide bonds. The predicted molar refractivity (Wildman–Crippen MR) is 225 cm³/mol. The number of nitrogens with zero attached hydrogens (tertiary/aromatic N) is 14. The number of H-pyrrole nitrogens is 2. The van der Waals surface area contributed by atoms with E-state index in [4.69, 9.17) is 8.83 Å². The van der Waals surface area contributed by atoms with Crippen LogP contribution in [0.15, 0.2) is 82.4 Å². The summed E-state index contributed by atoms with van der Waals surface area (Å²) >= 11 is 0. The molecule has 2 saturated heterocycles. The Morgan fingerprint density at radius 2 is 0.984 bits per heavy atom. The van der Waals surface area contributed by atoms with Crippen molar-refractivity contribution in [3.05, 3.63) is 119 Å². The Bertz CT molecular complexity index is 2640. The van der Waals surface area contributed by atoms with Crippen LogP contribution in [0.5, 0.6) is 0 Å². The van der Waals surface area contributed by atoms with E-state index in [1.807, 2.05) is 21.9 Å². The number of nitrogens with one attached hydrogen (secondary N) is 4. The molecule has 22 heteroatoms. The molecule has 324 valence electrons. The van der Waals surface area contributed by atoms with Gasteiger partial charge in [0.2, 0.25) is 11.9 Å². The molecule has 2 fully saturated rings. The molecule has 6 aromatic heterocycles. The maximum atomic E-state index is 13.4. The van der Waals surface area contributed by atoms with E-state index in [0.717, 1.165) is 98.3 Å². The van der Waals surface area contributed by atoms with Crippen molar-refractivity contribution in [2.24, 2.45) is 0 Å². The number of halogens is 2. The van der Waals surface area contributed by atoms with Crippen molar-refractivity contribution in [2.75, 3.05) is 46.6 Å². The van der Waals surface area contributed by atoms with Gasteiger partial charge in [0.15, 0.2) is 0 Å². The zero-order valence-electron chi connectivity index (χ0n) is 34.1. The highest BCUT2D eigenvalue weighted by molar-refractivity contribution is 5.53. The number of fused-ring (bicyclic) bond motifs is 2. The molecule has 12 rings (SSSR count). The van der Waals surface area contributed by atoms with Gasteiger partial charge in [0.1, 0.15) is 11.6 Å². The Hall–Kier alpha value is -7.78. The standard InChI is InChI=1S/2C21H20FN9O/c2*22-16-2-1-12-6-17(7-14(12)5-16)26-20-23-8-15(9-24-20)19-28-29-21(32-19)31-4-3-13(11-31)18-10-25-30-27-18/h2*1-2,5,8-10,13,17H,3-4,6-7,11H2,(H,23,24,26)(H,25,27,30). The van der Waals surface area contributed by atoms with Gasteiger partial charge >= 0.3 is 12.0 Å². The summed E-state index contributed by atoms with van der Waals surface area (Å²) < 4.78 is 38.6. The van der Waals surface area contributed by atoms with Crippen LogP contribution in [0.2, 0.25) is 0 Å². The molecule has 4 unspecified atom stereocenters. The Kier molecular flexibility index (Phi) is 10.3. The van der Waals surface area contributed by atoms with Gasteiger partial charge in [-0.3, -0.25) is 0 Å². The third-order valence-electron chi connectivity index (χ3n) is 12.1. The number of anilines is 4. The van der Waals surface area contributed by atoms with Crippen molar-refractivity contribution in [2.45, 2.75) is 62.4 Å². The van der Waals surface area contributed by atoms with Gasteiger partial charge in [0.05, 0.1) is 34.9 Å². The van der Waals surface area contributed by atoms with Crippen molar-refractivity contribution < 1.29 is 17.6 Å². The topological polar surface area (TPSA) is 243 Å². The van der Waals surface area contributed by atoms with Gasteiger partial charge < -0.3 is 29.3 Å². The molecule has 0 radical (unpaired) electrons. The Morgan fingerprint density at radius 1 is 0.547 bits per heavy atom. The molecular weight excluding hydrogens is 827 g/mol. The van der Waals surface area contributed by atoms with Gasteiger partial charge in [-0.1, -0.05) is 22.3 Å². The summed E-state index contributed by atoms with van der Waals surface area (Å²) in [6, 6.07) is 11.1. The van der Waals surface area contributed by atoms with Gasteiger partial charge in [-0.05, 0) is 85.0 Å². The van der Waals surface area contributed by atoms with E-state index in [0.29, 0.717) is 46.8 Å². The summed E-state index contributed by atoms with van der Waals surface area (Å²) in [5.74, 6) is 1.95. The summed E-state index contributed by atoms with van der Waals surface area (Å²) in [6.45, 7) is 3.13. The Morgan fingerprint density at radius 3 is 1.41 bits per heavy atom. The molecule has 8 aromatic rings. The minimum Gasteiger partial charge on any atom is -0.403 e. The van der Waals surface area contributed by atoms with E-state index in [1.54, 1.807) is 49.3 Å². The van der Waals surface area contributed by atoms with E-state index < -0.39 is 0 Å². The fourth-order valence-electron chi connectivity index (χ4n) is 8.85. The number of aromatic amines is 2. The van der Waals surface area contributed by atoms with E-state index in [9.17, 15) is 8.78 Å². The number of benzene rings is 2. The first kappa shape index (κ1) is 39.1. The van der Waals surface area contributed by atoms with Crippen LogP contribution in [0.1, 0.15) is 58.3 Å². The second kappa shape index (κ2) is 16.8. The molecule has 4 N–H and O–H groups in total. The minimum atomic E-state index is -0.202. The van der Waals surface area contributed by atoms with Gasteiger partial charge in [0.25, 0.3) is 11.8 Å². The van der Waals surface area contributed by atoms with E-state index in [-0.39, 0.29) is 35.6 Å². The second-order valence-corrected chi connectivity index (χ2v) is 16.3. The maximum Gasteiger partial charge on any atom is 0.318 e. The first-order valence-electron chi connectivity index (χ1n) is 21.0. The van der Waals surface area contributed by atoms with Gasteiger partial charge in [-0.25, -0.2) is 28.7 Å². The normalized spacial score (nSPS) is 20.0. The van der Waals surface area contributed by atoms with Crippen LogP contribution in [-0.4, -0.2) is 109 Å². The molecule has 2 aliphatic heterocycles. The van der Waals surface area contributed by atoms with Crippen LogP contribution in [0.4, 0.5) is 32.7 Å². The lowest BCUT2D eigenvalue weighted by atomic mass is 10.1. The first-order chi connectivity index (χ1) is 31.4. The third-order valence-corrected chi connectivity index (χ3v) is 12.1. The highest BCUT2D eigenvalue weighted by Gasteiger charge is 2.31. The zero-order valence-corrected chi connectivity index (χ0v) is 34.1. The fraction of sp³-hybridized carbons (Fsp3) is 0.333. The lowest BCUT2D eigenvalue weighted by molar-refractivity contribution is 0.555. The summed E-state index contributed by atoms with van der Waals surface area (Å²) in [5, 5.41) is 44.8. The van der Waals surface area contributed by atoms with Crippen molar-refractivity contribution in [1.29, 1.82) is 0 Å². The van der Waals surface area contributed by atoms with Crippen LogP contribution in [-0.2, 0) is 25.7 Å². The van der Waals surface area contributed by atoms with Crippen LogP contribution in [0.25, 0.3) is 22.9 Å². The first-order valence-corrected chi connectivity index (χ1v) is 21.0. The lowest BCUT2D eigenvalue weighted by Crippen LogP contribution is -2.21. The van der Waals surface area contributed by atoms with Crippen LogP contribution in [0, 0.1) is 11.6 Å². The monoisotopic (exact) mass is 866 g/mol. The highest BCUT2D eigenvalue weighted by atomic mass is 19.1. The minimum absolute atomic E-state index is 0.139. The molecule has 2 aromatic carbocycles. The molecule has 0 saturated carbocycles. The van der Waals surface area contributed by atoms with E-state index >= 15 is 0 Å². The number of hydrogen-bond donors (Lipinski definition) is 4. The van der Waals surface area contributed by atoms with Crippen LogP contribution >= 0.6 is 0 Å². The fourth-order valence-corrected chi connectivity index (χ4v) is 8.85. The van der Waals surface area contributed by atoms with Gasteiger partial charge in [-0.2, -0.15) is 30.8 Å². The molecule has 4 atom stereocenters. The molecule has 4 aliphatic rings. The van der Waals surface area contributed by atoms with Crippen molar-refractivity contribution in [1.82, 2.24) is 71.2 Å². The van der Waals surface area contributed by atoms with Crippen LogP contribution in [0.3, 0.4) is 0 Å². The largest absolute Gasteiger partial charge is 0.403 e. The SMILES string of the molecule is Fc1ccc2c(c1)CC(Nc1ncc(-c3nnc(N4CCC(c5cn[nH]n5)C4)o3)cn1)C2.Fc1ccc2c(c1)CC(Nc1ncc(-c3nnc(N4CCC(c5cn[nH]n5)C4)o3)cn1)C2. The molecule has 20 nitrogen and oxygen atoms in total. The second-order valence-electron chi connectivity index (χ2n) is 16.3. The molecule has 8 heterocycles. The molecule has 64 heavy (non-hydrogen) atoms. The molecule has 2 aliphatic carbocycles. The summed E-state index contributed by atoms with van der Waals surface area (Å²) in [5.41, 5.74) is 7.57. The number of aromatic nitrogens is 14. The average Bonchev–Trinajstić information content (AvgIpc) is 4.15. The Balaban J connectivity index is 0.000000143. The van der Waals surface area contributed by atoms with E-state index in [1.165, 1.54) is 12.1 Å². The summed E-state index contributed by atoms with van der Waals surface area (Å²) in [7, 11) is 0. The third kappa shape index (κ3) is 8.28. The Labute approximate surface area is 362 Å². The van der Waals surface area contributed by atoms with E-state index in [2.05, 4.69) is 81.8 Å². The number of hydrogen-bond acceptors (Lipinski definition) is 18. The van der Waals surface area contributed by atoms with Crippen molar-refractivity contribution in [3.8, 4) is 22.9 Å². The van der Waals surface area contributed by atoms with Gasteiger partial charge in [-0.15, -0.1) is 10.2 Å². The van der Waals surface area contributed by atoms with Gasteiger partial charge in [0, 0.05) is 74.9 Å². The van der Waals surface area contributed by atoms with Crippen LogP contribution < -0.4 is 20.4 Å². The molecular formula is C42H40F2N18O2. The molecule has 0 bridgehead atoms. The van der Waals surface area contributed by atoms with Crippen molar-refractivity contribution in [3.63, 3.8) is 0 Å². The summed E-state index contributed by atoms with van der Waals surface area (Å²) in [6.07, 6.45) is 15.2. The predicted octanol–water partition coefficient (Wildman–Crippen LogP) is 4.71. The smallest absolute Gasteiger partial charge is 0.318 e. The lowest BCUT2D eigenvalue weighted by Gasteiger charge is -2.12. The highest BCUT2D eigenvalue weighted by Crippen LogP contribution is 2.33. The quantitative estimate of drug-likeness (QED) is 0.145. The maximum absolute atomic E-state index is 13.4. The number of rotatable bonds is 10.